The number of rotatable bonds is 5. The summed E-state index contributed by atoms with van der Waals surface area (Å²) >= 11 is 0. The maximum Gasteiger partial charge on any atom is 0.253 e. The summed E-state index contributed by atoms with van der Waals surface area (Å²) < 4.78 is 19.0. The first kappa shape index (κ1) is 20.4. The van der Waals surface area contributed by atoms with Crippen LogP contribution < -0.4 is 4.74 Å². The summed E-state index contributed by atoms with van der Waals surface area (Å²) in [5.41, 5.74) is 1.20. The molecule has 2 aromatic rings. The fraction of sp³-hybridized carbons (Fsp3) is 0.417. The second-order valence-corrected chi connectivity index (χ2v) is 8.10. The highest BCUT2D eigenvalue weighted by molar-refractivity contribution is 5.94. The number of benzene rings is 2. The van der Waals surface area contributed by atoms with Gasteiger partial charge in [-0.3, -0.25) is 9.59 Å². The van der Waals surface area contributed by atoms with Crippen LogP contribution >= 0.6 is 0 Å². The minimum Gasteiger partial charge on any atom is -0.493 e. The molecule has 0 bridgehead atoms. The third-order valence-electron chi connectivity index (χ3n) is 5.88. The lowest BCUT2D eigenvalue weighted by atomic mass is 9.98. The van der Waals surface area contributed by atoms with E-state index in [-0.39, 0.29) is 23.5 Å². The Morgan fingerprint density at radius 3 is 2.07 bits per heavy atom. The van der Waals surface area contributed by atoms with Gasteiger partial charge in [-0.2, -0.15) is 0 Å². The van der Waals surface area contributed by atoms with Crippen molar-refractivity contribution in [3.8, 4) is 5.75 Å². The number of carbonyl (C=O) groups is 2. The van der Waals surface area contributed by atoms with Crippen molar-refractivity contribution in [1.29, 1.82) is 0 Å². The number of hydrogen-bond acceptors (Lipinski definition) is 3. The van der Waals surface area contributed by atoms with Crippen LogP contribution in [0.4, 0.5) is 4.39 Å². The van der Waals surface area contributed by atoms with Gasteiger partial charge in [-0.1, -0.05) is 0 Å². The number of likely N-dealkylation sites (tertiary alicyclic amines) is 2. The first-order valence-electron chi connectivity index (χ1n) is 10.7. The molecule has 2 saturated heterocycles. The first-order valence-corrected chi connectivity index (χ1v) is 10.7. The third kappa shape index (κ3) is 4.81. The molecule has 0 radical (unpaired) electrons. The highest BCUT2D eigenvalue weighted by Crippen LogP contribution is 2.22. The molecule has 2 amide bonds. The molecule has 30 heavy (non-hydrogen) atoms. The summed E-state index contributed by atoms with van der Waals surface area (Å²) in [6, 6.07) is 13.0. The topological polar surface area (TPSA) is 49.9 Å². The molecule has 158 valence electrons. The highest BCUT2D eigenvalue weighted by atomic mass is 19.1. The number of ether oxygens (including phenoxy) is 1. The monoisotopic (exact) mass is 410 g/mol. The van der Waals surface area contributed by atoms with Gasteiger partial charge >= 0.3 is 0 Å². The lowest BCUT2D eigenvalue weighted by Gasteiger charge is -2.32. The van der Waals surface area contributed by atoms with Gasteiger partial charge < -0.3 is 14.5 Å². The van der Waals surface area contributed by atoms with Crippen LogP contribution in [0.1, 0.15) is 46.4 Å². The predicted molar refractivity (Wildman–Crippen MR) is 112 cm³/mol. The molecular formula is C24H27FN2O3. The van der Waals surface area contributed by atoms with Gasteiger partial charge in [-0.05, 0) is 74.2 Å². The summed E-state index contributed by atoms with van der Waals surface area (Å²) in [6.45, 7) is 3.53. The van der Waals surface area contributed by atoms with Crippen LogP contribution in [0.15, 0.2) is 48.5 Å². The van der Waals surface area contributed by atoms with Crippen molar-refractivity contribution >= 4 is 11.8 Å². The zero-order valence-corrected chi connectivity index (χ0v) is 17.1. The second-order valence-electron chi connectivity index (χ2n) is 8.10. The molecule has 0 spiro atoms. The molecule has 4 rings (SSSR count). The molecule has 2 heterocycles. The Morgan fingerprint density at radius 2 is 1.40 bits per heavy atom. The molecule has 1 atom stereocenters. The zero-order chi connectivity index (χ0) is 20.9. The number of carbonyl (C=O) groups excluding carboxylic acids is 2. The van der Waals surface area contributed by atoms with E-state index in [1.807, 2.05) is 34.1 Å². The van der Waals surface area contributed by atoms with E-state index in [0.717, 1.165) is 44.5 Å². The van der Waals surface area contributed by atoms with Crippen molar-refractivity contribution in [2.45, 2.75) is 25.7 Å². The van der Waals surface area contributed by atoms with E-state index < -0.39 is 0 Å². The van der Waals surface area contributed by atoms with Crippen molar-refractivity contribution in [1.82, 2.24) is 9.80 Å². The largest absolute Gasteiger partial charge is 0.493 e. The fourth-order valence-corrected chi connectivity index (χ4v) is 4.17. The number of piperidine rings is 1. The molecular weight excluding hydrogens is 383 g/mol. The van der Waals surface area contributed by atoms with Crippen LogP contribution in [-0.4, -0.2) is 54.4 Å². The van der Waals surface area contributed by atoms with E-state index in [2.05, 4.69) is 0 Å². The molecule has 2 aromatic carbocycles. The minimum atomic E-state index is -0.343. The van der Waals surface area contributed by atoms with Gasteiger partial charge in [0.2, 0.25) is 0 Å². The smallest absolute Gasteiger partial charge is 0.253 e. The molecule has 6 heteroatoms. The molecule has 0 aromatic heterocycles. The highest BCUT2D eigenvalue weighted by Gasteiger charge is 2.25. The van der Waals surface area contributed by atoms with E-state index in [1.54, 1.807) is 0 Å². The first-order chi connectivity index (χ1) is 14.6. The van der Waals surface area contributed by atoms with Gasteiger partial charge in [-0.25, -0.2) is 4.39 Å². The third-order valence-corrected chi connectivity index (χ3v) is 5.88. The average molecular weight is 410 g/mol. The van der Waals surface area contributed by atoms with Crippen LogP contribution in [0.3, 0.4) is 0 Å². The molecule has 2 fully saturated rings. The summed E-state index contributed by atoms with van der Waals surface area (Å²) in [5, 5.41) is 0. The van der Waals surface area contributed by atoms with Crippen LogP contribution in [0.2, 0.25) is 0 Å². The molecule has 5 nitrogen and oxygen atoms in total. The number of hydrogen-bond donors (Lipinski definition) is 0. The van der Waals surface area contributed by atoms with Crippen molar-refractivity contribution < 1.29 is 18.7 Å². The SMILES string of the molecule is O=C(c1ccc(OC[C@H]2CCCN(C(=O)c3ccc(F)cc3)C2)cc1)N1CCCC1. The van der Waals surface area contributed by atoms with Gasteiger partial charge in [0.1, 0.15) is 11.6 Å². The maximum absolute atomic E-state index is 13.1. The Morgan fingerprint density at radius 1 is 0.833 bits per heavy atom. The Balaban J connectivity index is 1.29. The lowest BCUT2D eigenvalue weighted by Crippen LogP contribution is -2.41. The summed E-state index contributed by atoms with van der Waals surface area (Å²) in [4.78, 5) is 28.8. The maximum atomic E-state index is 13.1. The molecule has 0 aliphatic carbocycles. The quantitative estimate of drug-likeness (QED) is 0.749. The second kappa shape index (κ2) is 9.28. The average Bonchev–Trinajstić information content (AvgIpc) is 3.33. The van der Waals surface area contributed by atoms with Crippen LogP contribution in [-0.2, 0) is 0 Å². The molecule has 0 saturated carbocycles. The normalized spacial score (nSPS) is 19.0. The van der Waals surface area contributed by atoms with Gasteiger partial charge in [0.15, 0.2) is 0 Å². The van der Waals surface area contributed by atoms with E-state index in [9.17, 15) is 14.0 Å². The fourth-order valence-electron chi connectivity index (χ4n) is 4.17. The summed E-state index contributed by atoms with van der Waals surface area (Å²) in [6.07, 6.45) is 4.08. The molecule has 0 unspecified atom stereocenters. The Labute approximate surface area is 176 Å². The Kier molecular flexibility index (Phi) is 6.31. The van der Waals surface area contributed by atoms with Gasteiger partial charge in [0.25, 0.3) is 11.8 Å². The van der Waals surface area contributed by atoms with Crippen LogP contribution in [0.5, 0.6) is 5.75 Å². The number of amides is 2. The van der Waals surface area contributed by atoms with E-state index >= 15 is 0 Å². The van der Waals surface area contributed by atoms with Gasteiger partial charge in [-0.15, -0.1) is 0 Å². The molecule has 2 aliphatic heterocycles. The van der Waals surface area contributed by atoms with Gasteiger partial charge in [0.05, 0.1) is 6.61 Å². The standard InChI is InChI=1S/C24H27FN2O3/c25-21-9-5-19(6-10-21)24(29)27-15-3-4-18(16-27)17-30-22-11-7-20(8-12-22)23(28)26-13-1-2-14-26/h5-12,18H,1-4,13-17H2/t18-/m0/s1. The molecule has 0 N–H and O–H groups in total. The zero-order valence-electron chi connectivity index (χ0n) is 17.1. The van der Waals surface area contributed by atoms with Crippen LogP contribution in [0.25, 0.3) is 0 Å². The van der Waals surface area contributed by atoms with Gasteiger partial charge in [0, 0.05) is 43.2 Å². The molecule has 2 aliphatic rings. The number of nitrogens with zero attached hydrogens (tertiary/aromatic N) is 2. The van der Waals surface area contributed by atoms with E-state index in [1.165, 1.54) is 24.3 Å². The Hall–Kier alpha value is -2.89. The number of halogens is 1. The van der Waals surface area contributed by atoms with E-state index in [4.69, 9.17) is 4.74 Å². The predicted octanol–water partition coefficient (Wildman–Crippen LogP) is 3.99. The van der Waals surface area contributed by atoms with Crippen LogP contribution in [0, 0.1) is 11.7 Å². The van der Waals surface area contributed by atoms with Crippen molar-refractivity contribution in [2.75, 3.05) is 32.8 Å². The lowest BCUT2D eigenvalue weighted by molar-refractivity contribution is 0.0633. The summed E-state index contributed by atoms with van der Waals surface area (Å²) in [5.74, 6) is 0.652. The van der Waals surface area contributed by atoms with E-state index in [0.29, 0.717) is 30.8 Å². The minimum absolute atomic E-state index is 0.0653. The van der Waals surface area contributed by atoms with Crippen molar-refractivity contribution in [2.24, 2.45) is 5.92 Å². The summed E-state index contributed by atoms with van der Waals surface area (Å²) in [7, 11) is 0. The Bertz CT molecular complexity index is 876. The van der Waals surface area contributed by atoms with Crippen molar-refractivity contribution in [3.05, 3.63) is 65.5 Å². The van der Waals surface area contributed by atoms with Crippen molar-refractivity contribution in [3.63, 3.8) is 0 Å².